The van der Waals surface area contributed by atoms with Crippen molar-refractivity contribution in [2.45, 2.75) is 38.1 Å². The SMILES string of the molecule is Cc1cccc2nc(CSC3=Nc4ccccc4C4=NC(CCC(=O)NCc5ccco5)C(=O)N34)cc(=O)n12. The van der Waals surface area contributed by atoms with Crippen LogP contribution < -0.4 is 10.9 Å². The van der Waals surface area contributed by atoms with Gasteiger partial charge in [0.15, 0.2) is 5.17 Å². The average Bonchev–Trinajstić information content (AvgIpc) is 3.57. The number of amidine groups is 2. The largest absolute Gasteiger partial charge is 0.467 e. The molecule has 3 aromatic heterocycles. The fraction of sp³-hybridized carbons (Fsp3) is 0.214. The first-order chi connectivity index (χ1) is 19.0. The number of furan rings is 1. The van der Waals surface area contributed by atoms with Crippen LogP contribution in [0.15, 0.2) is 86.1 Å². The minimum absolute atomic E-state index is 0.146. The molecule has 5 heterocycles. The van der Waals surface area contributed by atoms with Crippen molar-refractivity contribution in [2.24, 2.45) is 9.98 Å². The Bertz CT molecular complexity index is 1710. The third-order valence-corrected chi connectivity index (χ3v) is 7.49. The lowest BCUT2D eigenvalue weighted by atomic mass is 10.1. The molecule has 1 N–H and O–H groups in total. The monoisotopic (exact) mass is 540 g/mol. The number of carbonyl (C=O) groups excluding carboxylic acids is 2. The van der Waals surface area contributed by atoms with Crippen molar-refractivity contribution in [3.8, 4) is 0 Å². The van der Waals surface area contributed by atoms with Crippen molar-refractivity contribution in [3.63, 3.8) is 0 Å². The molecule has 196 valence electrons. The normalized spacial score (nSPS) is 16.1. The van der Waals surface area contributed by atoms with Gasteiger partial charge in [-0.3, -0.25) is 23.8 Å². The van der Waals surface area contributed by atoms with Crippen LogP contribution in [0.25, 0.3) is 5.65 Å². The molecule has 0 saturated heterocycles. The molecule has 0 spiro atoms. The van der Waals surface area contributed by atoms with Gasteiger partial charge in [-0.1, -0.05) is 30.0 Å². The molecule has 0 aliphatic carbocycles. The Morgan fingerprint density at radius 2 is 1.97 bits per heavy atom. The molecule has 11 heteroatoms. The van der Waals surface area contributed by atoms with E-state index in [0.717, 1.165) is 11.3 Å². The van der Waals surface area contributed by atoms with Crippen LogP contribution in [0.1, 0.15) is 35.6 Å². The van der Waals surface area contributed by atoms with Crippen LogP contribution in [0.3, 0.4) is 0 Å². The Balaban J connectivity index is 1.20. The summed E-state index contributed by atoms with van der Waals surface area (Å²) in [5.74, 6) is 1.11. The van der Waals surface area contributed by atoms with Gasteiger partial charge in [0.1, 0.15) is 23.3 Å². The number of hydrogen-bond acceptors (Lipinski definition) is 8. The number of benzene rings is 1. The predicted molar refractivity (Wildman–Crippen MR) is 148 cm³/mol. The molecule has 1 atom stereocenters. The second-order valence-electron chi connectivity index (χ2n) is 9.18. The minimum atomic E-state index is -0.697. The van der Waals surface area contributed by atoms with Gasteiger partial charge in [-0.05, 0) is 49.7 Å². The van der Waals surface area contributed by atoms with E-state index in [9.17, 15) is 14.4 Å². The first-order valence-electron chi connectivity index (χ1n) is 12.5. The molecule has 2 aliphatic heterocycles. The molecule has 39 heavy (non-hydrogen) atoms. The topological polar surface area (TPSA) is 122 Å². The number of rotatable bonds is 7. The molecular formula is C28H24N6O4S. The summed E-state index contributed by atoms with van der Waals surface area (Å²) >= 11 is 1.32. The molecule has 2 aliphatic rings. The summed E-state index contributed by atoms with van der Waals surface area (Å²) < 4.78 is 6.80. The third kappa shape index (κ3) is 4.88. The van der Waals surface area contributed by atoms with E-state index < -0.39 is 6.04 Å². The summed E-state index contributed by atoms with van der Waals surface area (Å²) in [5.41, 5.74) is 3.28. The summed E-state index contributed by atoms with van der Waals surface area (Å²) in [6.07, 6.45) is 1.97. The zero-order valence-electron chi connectivity index (χ0n) is 21.0. The Hall–Kier alpha value is -4.51. The molecule has 0 fully saturated rings. The summed E-state index contributed by atoms with van der Waals surface area (Å²) in [7, 11) is 0. The Morgan fingerprint density at radius 3 is 2.82 bits per heavy atom. The zero-order valence-corrected chi connectivity index (χ0v) is 21.9. The number of carbonyl (C=O) groups is 2. The van der Waals surface area contributed by atoms with E-state index in [-0.39, 0.29) is 36.8 Å². The Labute approximate surface area is 227 Å². The van der Waals surface area contributed by atoms with Gasteiger partial charge < -0.3 is 9.73 Å². The fourth-order valence-corrected chi connectivity index (χ4v) is 5.51. The zero-order chi connectivity index (χ0) is 26.9. The van der Waals surface area contributed by atoms with E-state index in [2.05, 4.69) is 10.3 Å². The first kappa shape index (κ1) is 24.8. The number of nitrogens with zero attached hydrogens (tertiary/aromatic N) is 5. The van der Waals surface area contributed by atoms with Crippen molar-refractivity contribution >= 4 is 45.9 Å². The van der Waals surface area contributed by atoms with E-state index in [0.29, 0.717) is 39.5 Å². The number of thioether (sulfide) groups is 1. The highest BCUT2D eigenvalue weighted by Crippen LogP contribution is 2.35. The van der Waals surface area contributed by atoms with Crippen LogP contribution in [0.4, 0.5) is 5.69 Å². The van der Waals surface area contributed by atoms with E-state index in [4.69, 9.17) is 14.4 Å². The van der Waals surface area contributed by atoms with Gasteiger partial charge >= 0.3 is 0 Å². The molecule has 2 amide bonds. The van der Waals surface area contributed by atoms with E-state index in [1.807, 2.05) is 43.3 Å². The predicted octanol–water partition coefficient (Wildman–Crippen LogP) is 3.58. The molecule has 0 radical (unpaired) electrons. The van der Waals surface area contributed by atoms with Crippen molar-refractivity contribution in [1.29, 1.82) is 0 Å². The molecule has 0 bridgehead atoms. The summed E-state index contributed by atoms with van der Waals surface area (Å²) in [6.45, 7) is 2.15. The van der Waals surface area contributed by atoms with Crippen molar-refractivity contribution in [1.82, 2.24) is 19.6 Å². The highest BCUT2D eigenvalue weighted by atomic mass is 32.2. The molecule has 6 rings (SSSR count). The van der Waals surface area contributed by atoms with Gasteiger partial charge in [0, 0.05) is 29.5 Å². The number of para-hydroxylation sites is 1. The molecule has 1 unspecified atom stereocenters. The highest BCUT2D eigenvalue weighted by molar-refractivity contribution is 8.13. The maximum absolute atomic E-state index is 13.5. The lowest BCUT2D eigenvalue weighted by molar-refractivity contribution is -0.125. The lowest BCUT2D eigenvalue weighted by Crippen LogP contribution is -2.41. The van der Waals surface area contributed by atoms with Gasteiger partial charge in [-0.15, -0.1) is 0 Å². The number of hydrogen-bond donors (Lipinski definition) is 1. The fourth-order valence-electron chi connectivity index (χ4n) is 4.62. The van der Waals surface area contributed by atoms with Crippen LogP contribution in [0, 0.1) is 6.92 Å². The second-order valence-corrected chi connectivity index (χ2v) is 10.1. The van der Waals surface area contributed by atoms with E-state index in [1.54, 1.807) is 28.9 Å². The Morgan fingerprint density at radius 1 is 1.10 bits per heavy atom. The molecule has 4 aromatic rings. The maximum Gasteiger partial charge on any atom is 0.259 e. The number of pyridine rings is 1. The molecule has 10 nitrogen and oxygen atoms in total. The minimum Gasteiger partial charge on any atom is -0.467 e. The number of nitrogens with one attached hydrogen (secondary N) is 1. The van der Waals surface area contributed by atoms with Gasteiger partial charge in [0.05, 0.1) is 24.2 Å². The maximum atomic E-state index is 13.5. The Kier molecular flexibility index (Phi) is 6.57. The molecule has 0 saturated carbocycles. The number of aryl methyl sites for hydroxylation is 1. The summed E-state index contributed by atoms with van der Waals surface area (Å²) in [6, 6.07) is 17.4. The smallest absolute Gasteiger partial charge is 0.259 e. The van der Waals surface area contributed by atoms with Gasteiger partial charge in [0.2, 0.25) is 5.91 Å². The first-order valence-corrected chi connectivity index (χ1v) is 13.5. The van der Waals surface area contributed by atoms with Crippen LogP contribution in [0.5, 0.6) is 0 Å². The third-order valence-electron chi connectivity index (χ3n) is 6.51. The molecule has 1 aromatic carbocycles. The number of amides is 2. The van der Waals surface area contributed by atoms with Crippen LogP contribution in [-0.2, 0) is 21.9 Å². The van der Waals surface area contributed by atoms with Crippen LogP contribution in [-0.4, -0.2) is 43.1 Å². The van der Waals surface area contributed by atoms with E-state index in [1.165, 1.54) is 22.7 Å². The number of fused-ring (bicyclic) bond motifs is 4. The van der Waals surface area contributed by atoms with Gasteiger partial charge in [0.25, 0.3) is 11.5 Å². The van der Waals surface area contributed by atoms with Crippen molar-refractivity contribution in [2.75, 3.05) is 0 Å². The van der Waals surface area contributed by atoms with Crippen LogP contribution in [0.2, 0.25) is 0 Å². The van der Waals surface area contributed by atoms with Crippen molar-refractivity contribution < 1.29 is 14.0 Å². The lowest BCUT2D eigenvalue weighted by Gasteiger charge is -2.25. The number of aliphatic imine (C=N–C) groups is 2. The summed E-state index contributed by atoms with van der Waals surface area (Å²) in [4.78, 5) is 54.2. The van der Waals surface area contributed by atoms with Crippen LogP contribution >= 0.6 is 11.8 Å². The standard InChI is InChI=1S/C28H24N6O4S/c1-17-6-4-10-23-30-18(14-25(36)33(17)23)16-39-28-32-21-9-3-2-8-20(21)26-31-22(27(37)34(26)28)11-12-24(35)29-15-19-7-5-13-38-19/h2-10,13-14,22H,11-12,15-16H2,1H3,(H,29,35). The summed E-state index contributed by atoms with van der Waals surface area (Å²) in [5, 5.41) is 3.27. The highest BCUT2D eigenvalue weighted by Gasteiger charge is 2.41. The number of aromatic nitrogens is 2. The van der Waals surface area contributed by atoms with Crippen molar-refractivity contribution in [3.05, 3.63) is 100.0 Å². The van der Waals surface area contributed by atoms with Gasteiger partial charge in [-0.25, -0.2) is 14.9 Å². The average molecular weight is 541 g/mol. The second kappa shape index (κ2) is 10.3. The quantitative estimate of drug-likeness (QED) is 0.382. The van der Waals surface area contributed by atoms with E-state index >= 15 is 0 Å². The molecular weight excluding hydrogens is 516 g/mol. The van der Waals surface area contributed by atoms with Gasteiger partial charge in [-0.2, -0.15) is 0 Å².